The van der Waals surface area contributed by atoms with Crippen molar-refractivity contribution in [1.82, 2.24) is 15.3 Å². The van der Waals surface area contributed by atoms with Gasteiger partial charge in [0.1, 0.15) is 11.4 Å². The van der Waals surface area contributed by atoms with E-state index in [2.05, 4.69) is 15.3 Å². The van der Waals surface area contributed by atoms with Gasteiger partial charge in [0.15, 0.2) is 0 Å². The topological polar surface area (TPSA) is 84.3 Å². The summed E-state index contributed by atoms with van der Waals surface area (Å²) in [4.78, 5) is 19.4. The molecular weight excluding hydrogens is 320 g/mol. The zero-order valence-electron chi connectivity index (χ0n) is 13.2. The molecule has 1 amide bonds. The standard InChI is InChI=1S/C16H17F2N3O3/c1-10(22)9-20-14(23)11-4-3-5-12(8-11)24-15-19-7-6-13(21-15)16(2,17)18/h3-8,10,22H,9H2,1-2H3,(H,20,23). The molecule has 24 heavy (non-hydrogen) atoms. The summed E-state index contributed by atoms with van der Waals surface area (Å²) in [6.07, 6.45) is 0.508. The molecule has 0 spiro atoms. The number of aliphatic hydroxyl groups excluding tert-OH is 1. The predicted molar refractivity (Wildman–Crippen MR) is 82.1 cm³/mol. The maximum atomic E-state index is 13.3. The average Bonchev–Trinajstić information content (AvgIpc) is 2.52. The summed E-state index contributed by atoms with van der Waals surface area (Å²) in [6, 6.07) is 6.97. The minimum atomic E-state index is -3.11. The molecule has 2 aromatic rings. The van der Waals surface area contributed by atoms with E-state index in [1.807, 2.05) is 0 Å². The first-order chi connectivity index (χ1) is 11.3. The van der Waals surface area contributed by atoms with E-state index in [4.69, 9.17) is 4.74 Å². The van der Waals surface area contributed by atoms with Crippen LogP contribution in [0.25, 0.3) is 0 Å². The maximum Gasteiger partial charge on any atom is 0.322 e. The highest BCUT2D eigenvalue weighted by molar-refractivity contribution is 5.94. The predicted octanol–water partition coefficient (Wildman–Crippen LogP) is 2.49. The Labute approximate surface area is 137 Å². The molecule has 1 atom stereocenters. The molecule has 1 heterocycles. The minimum absolute atomic E-state index is 0.112. The van der Waals surface area contributed by atoms with Gasteiger partial charge in [-0.1, -0.05) is 6.07 Å². The number of rotatable bonds is 6. The van der Waals surface area contributed by atoms with E-state index in [9.17, 15) is 18.7 Å². The van der Waals surface area contributed by atoms with Gasteiger partial charge in [-0.3, -0.25) is 4.79 Å². The monoisotopic (exact) mass is 337 g/mol. The van der Waals surface area contributed by atoms with E-state index in [1.165, 1.54) is 12.3 Å². The second kappa shape index (κ2) is 7.31. The van der Waals surface area contributed by atoms with Gasteiger partial charge >= 0.3 is 6.01 Å². The summed E-state index contributed by atoms with van der Waals surface area (Å²) in [5.74, 6) is -3.27. The maximum absolute atomic E-state index is 13.3. The summed E-state index contributed by atoms with van der Waals surface area (Å²) in [5.41, 5.74) is -0.163. The van der Waals surface area contributed by atoms with Crippen molar-refractivity contribution in [2.75, 3.05) is 6.54 Å². The van der Waals surface area contributed by atoms with E-state index in [0.717, 1.165) is 13.0 Å². The molecule has 0 saturated heterocycles. The second-order valence-electron chi connectivity index (χ2n) is 5.30. The SMILES string of the molecule is CC(O)CNC(=O)c1cccc(Oc2nccc(C(C)(F)F)n2)c1. The van der Waals surface area contributed by atoms with Gasteiger partial charge < -0.3 is 15.2 Å². The van der Waals surface area contributed by atoms with Crippen LogP contribution < -0.4 is 10.1 Å². The molecule has 0 aliphatic carbocycles. The minimum Gasteiger partial charge on any atom is -0.424 e. The van der Waals surface area contributed by atoms with E-state index < -0.39 is 23.6 Å². The van der Waals surface area contributed by atoms with Crippen LogP contribution in [0.15, 0.2) is 36.5 Å². The molecule has 8 heteroatoms. The molecule has 0 aliphatic heterocycles. The highest BCUT2D eigenvalue weighted by atomic mass is 19.3. The van der Waals surface area contributed by atoms with Crippen LogP contribution in [0.4, 0.5) is 8.78 Å². The van der Waals surface area contributed by atoms with E-state index in [1.54, 1.807) is 25.1 Å². The first kappa shape index (κ1) is 17.7. The lowest BCUT2D eigenvalue weighted by atomic mass is 10.2. The van der Waals surface area contributed by atoms with E-state index >= 15 is 0 Å². The van der Waals surface area contributed by atoms with Crippen molar-refractivity contribution in [2.45, 2.75) is 25.9 Å². The van der Waals surface area contributed by atoms with Gasteiger partial charge in [-0.2, -0.15) is 13.8 Å². The Morgan fingerprint density at radius 2 is 2.17 bits per heavy atom. The number of carbonyl (C=O) groups is 1. The summed E-state index contributed by atoms with van der Waals surface area (Å²) in [5, 5.41) is 11.7. The average molecular weight is 337 g/mol. The Hall–Kier alpha value is -2.61. The van der Waals surface area contributed by atoms with Crippen LogP contribution in [0.2, 0.25) is 0 Å². The van der Waals surface area contributed by atoms with Crippen LogP contribution in [0.1, 0.15) is 29.9 Å². The number of hydrogen-bond acceptors (Lipinski definition) is 5. The summed E-state index contributed by atoms with van der Waals surface area (Å²) >= 11 is 0. The van der Waals surface area contributed by atoms with Gasteiger partial charge in [-0.15, -0.1) is 0 Å². The molecule has 2 rings (SSSR count). The molecule has 1 aromatic heterocycles. The molecule has 1 aromatic carbocycles. The third-order valence-corrected chi connectivity index (χ3v) is 2.95. The molecular formula is C16H17F2N3O3. The lowest BCUT2D eigenvalue weighted by Crippen LogP contribution is -2.30. The van der Waals surface area contributed by atoms with Gasteiger partial charge in [-0.25, -0.2) is 4.98 Å². The van der Waals surface area contributed by atoms with Crippen molar-refractivity contribution >= 4 is 5.91 Å². The number of ether oxygens (including phenoxy) is 1. The fraction of sp³-hybridized carbons (Fsp3) is 0.312. The third kappa shape index (κ3) is 4.95. The van der Waals surface area contributed by atoms with Crippen molar-refractivity contribution in [3.63, 3.8) is 0 Å². The van der Waals surface area contributed by atoms with Crippen LogP contribution in [-0.4, -0.2) is 33.6 Å². The van der Waals surface area contributed by atoms with Crippen LogP contribution in [-0.2, 0) is 5.92 Å². The van der Waals surface area contributed by atoms with Crippen molar-refractivity contribution in [3.8, 4) is 11.8 Å². The van der Waals surface area contributed by atoms with Crippen molar-refractivity contribution in [3.05, 3.63) is 47.8 Å². The fourth-order valence-corrected chi connectivity index (χ4v) is 1.78. The number of hydrogen-bond donors (Lipinski definition) is 2. The zero-order valence-corrected chi connectivity index (χ0v) is 13.2. The molecule has 0 bridgehead atoms. The number of benzene rings is 1. The quantitative estimate of drug-likeness (QED) is 0.846. The van der Waals surface area contributed by atoms with Crippen molar-refractivity contribution < 1.29 is 23.4 Å². The molecule has 0 aliphatic rings. The van der Waals surface area contributed by atoms with Crippen LogP contribution in [0.3, 0.4) is 0 Å². The number of alkyl halides is 2. The van der Waals surface area contributed by atoms with E-state index in [-0.39, 0.29) is 18.3 Å². The van der Waals surface area contributed by atoms with E-state index in [0.29, 0.717) is 5.56 Å². The smallest absolute Gasteiger partial charge is 0.322 e. The normalized spacial score (nSPS) is 12.5. The van der Waals surface area contributed by atoms with Crippen molar-refractivity contribution in [2.24, 2.45) is 0 Å². The molecule has 2 N–H and O–H groups in total. The van der Waals surface area contributed by atoms with Gasteiger partial charge in [0.2, 0.25) is 0 Å². The molecule has 0 radical (unpaired) electrons. The molecule has 6 nitrogen and oxygen atoms in total. The third-order valence-electron chi connectivity index (χ3n) is 2.95. The first-order valence-electron chi connectivity index (χ1n) is 7.21. The highest BCUT2D eigenvalue weighted by Gasteiger charge is 2.26. The summed E-state index contributed by atoms with van der Waals surface area (Å²) in [7, 11) is 0. The zero-order chi connectivity index (χ0) is 17.7. The van der Waals surface area contributed by atoms with Gasteiger partial charge in [-0.05, 0) is 31.2 Å². The van der Waals surface area contributed by atoms with Gasteiger partial charge in [0.05, 0.1) is 6.10 Å². The Balaban J connectivity index is 2.14. The van der Waals surface area contributed by atoms with Crippen LogP contribution in [0.5, 0.6) is 11.8 Å². The molecule has 1 unspecified atom stereocenters. The lowest BCUT2D eigenvalue weighted by molar-refractivity contribution is 0.0121. The number of aliphatic hydroxyl groups is 1. The molecule has 0 fully saturated rings. The number of halogens is 2. The Kier molecular flexibility index (Phi) is 5.40. The second-order valence-corrected chi connectivity index (χ2v) is 5.30. The lowest BCUT2D eigenvalue weighted by Gasteiger charge is -2.11. The Morgan fingerprint density at radius 3 is 2.83 bits per heavy atom. The van der Waals surface area contributed by atoms with Crippen LogP contribution in [0, 0.1) is 0 Å². The Morgan fingerprint density at radius 1 is 1.42 bits per heavy atom. The summed E-state index contributed by atoms with van der Waals surface area (Å²) in [6.45, 7) is 2.39. The van der Waals surface area contributed by atoms with Crippen LogP contribution >= 0.6 is 0 Å². The number of carbonyl (C=O) groups excluding carboxylic acids is 1. The highest BCUT2D eigenvalue weighted by Crippen LogP contribution is 2.27. The largest absolute Gasteiger partial charge is 0.424 e. The van der Waals surface area contributed by atoms with Gasteiger partial charge in [0.25, 0.3) is 11.8 Å². The Bertz CT molecular complexity index is 718. The number of nitrogens with one attached hydrogen (secondary N) is 1. The number of aromatic nitrogens is 2. The number of nitrogens with zero attached hydrogens (tertiary/aromatic N) is 2. The van der Waals surface area contributed by atoms with Gasteiger partial charge in [0, 0.05) is 25.2 Å². The van der Waals surface area contributed by atoms with Crippen molar-refractivity contribution in [1.29, 1.82) is 0 Å². The molecule has 128 valence electrons. The first-order valence-corrected chi connectivity index (χ1v) is 7.21. The number of amides is 1. The summed E-state index contributed by atoms with van der Waals surface area (Å²) < 4.78 is 31.9. The molecule has 0 saturated carbocycles. The fourth-order valence-electron chi connectivity index (χ4n) is 1.78.